The summed E-state index contributed by atoms with van der Waals surface area (Å²) in [6, 6.07) is 5.94. The van der Waals surface area contributed by atoms with E-state index in [0.717, 1.165) is 29.7 Å². The van der Waals surface area contributed by atoms with Crippen LogP contribution >= 0.6 is 11.6 Å². The summed E-state index contributed by atoms with van der Waals surface area (Å²) in [6.45, 7) is 3.38. The number of nitrogens with zero attached hydrogens (tertiary/aromatic N) is 1. The molecule has 1 fully saturated rings. The minimum absolute atomic E-state index is 0.145. The highest BCUT2D eigenvalue weighted by Gasteiger charge is 2.43. The first kappa shape index (κ1) is 16.4. The van der Waals surface area contributed by atoms with Crippen LogP contribution in [0.2, 0.25) is 5.02 Å². The Bertz CT molecular complexity index is 799. The summed E-state index contributed by atoms with van der Waals surface area (Å²) in [6.07, 6.45) is 3.78. The van der Waals surface area contributed by atoms with Gasteiger partial charge in [0.25, 0.3) is 5.91 Å². The SMILES string of the molecule is Cc1ccc2c(c1)[C@@H](NC(=O)c1[nH]ncc1Cl)CC1(CCOCC1)O2. The third-order valence-corrected chi connectivity index (χ3v) is 5.26. The van der Waals surface area contributed by atoms with Gasteiger partial charge in [-0.15, -0.1) is 0 Å². The van der Waals surface area contributed by atoms with Crippen molar-refractivity contribution in [1.82, 2.24) is 15.5 Å². The highest BCUT2D eigenvalue weighted by Crippen LogP contribution is 2.44. The second kappa shape index (κ2) is 6.35. The number of amides is 1. The molecular formula is C18H20ClN3O3. The van der Waals surface area contributed by atoms with Gasteiger partial charge in [-0.2, -0.15) is 5.10 Å². The number of aryl methyl sites for hydroxylation is 1. The number of H-pyrrole nitrogens is 1. The Morgan fingerprint density at radius 2 is 2.20 bits per heavy atom. The monoisotopic (exact) mass is 361 g/mol. The first-order valence-corrected chi connectivity index (χ1v) is 8.81. The van der Waals surface area contributed by atoms with E-state index in [4.69, 9.17) is 21.1 Å². The van der Waals surface area contributed by atoms with Gasteiger partial charge in [0.1, 0.15) is 17.0 Å². The van der Waals surface area contributed by atoms with E-state index in [1.54, 1.807) is 0 Å². The predicted octanol–water partition coefficient (Wildman–Crippen LogP) is 3.17. The number of hydrogen-bond acceptors (Lipinski definition) is 4. The molecule has 0 unspecified atom stereocenters. The maximum absolute atomic E-state index is 12.6. The van der Waals surface area contributed by atoms with Crippen molar-refractivity contribution >= 4 is 17.5 Å². The zero-order valence-corrected chi connectivity index (χ0v) is 14.7. The lowest BCUT2D eigenvalue weighted by Gasteiger charge is -2.44. The number of rotatable bonds is 2. The number of hydrogen-bond donors (Lipinski definition) is 2. The minimum atomic E-state index is -0.295. The van der Waals surface area contributed by atoms with Gasteiger partial charge in [-0.1, -0.05) is 29.3 Å². The van der Waals surface area contributed by atoms with Crippen molar-refractivity contribution in [2.75, 3.05) is 13.2 Å². The molecular weight excluding hydrogens is 342 g/mol. The number of halogens is 1. The first-order valence-electron chi connectivity index (χ1n) is 8.43. The lowest BCUT2D eigenvalue weighted by molar-refractivity contribution is -0.0639. The number of benzene rings is 1. The first-order chi connectivity index (χ1) is 12.1. The Morgan fingerprint density at radius 1 is 1.40 bits per heavy atom. The van der Waals surface area contributed by atoms with Crippen molar-refractivity contribution < 1.29 is 14.3 Å². The second-order valence-corrected chi connectivity index (χ2v) is 7.17. The van der Waals surface area contributed by atoms with Crippen LogP contribution in [-0.2, 0) is 4.74 Å². The Morgan fingerprint density at radius 3 is 2.92 bits per heavy atom. The van der Waals surface area contributed by atoms with Gasteiger partial charge in [0, 0.05) is 24.8 Å². The number of fused-ring (bicyclic) bond motifs is 1. The van der Waals surface area contributed by atoms with Crippen LogP contribution in [0.4, 0.5) is 0 Å². The van der Waals surface area contributed by atoms with E-state index in [2.05, 4.69) is 21.6 Å². The van der Waals surface area contributed by atoms with E-state index >= 15 is 0 Å². The summed E-state index contributed by atoms with van der Waals surface area (Å²) in [5.74, 6) is 0.573. The molecule has 0 aliphatic carbocycles. The van der Waals surface area contributed by atoms with E-state index in [9.17, 15) is 4.79 Å². The average Bonchev–Trinajstić information content (AvgIpc) is 3.02. The zero-order valence-electron chi connectivity index (χ0n) is 14.0. The molecule has 0 saturated carbocycles. The van der Waals surface area contributed by atoms with Gasteiger partial charge in [-0.05, 0) is 13.0 Å². The molecule has 4 rings (SSSR count). The van der Waals surface area contributed by atoms with E-state index in [0.29, 0.717) is 24.7 Å². The number of nitrogens with one attached hydrogen (secondary N) is 2. The molecule has 1 aromatic heterocycles. The Labute approximate surface area is 150 Å². The number of ether oxygens (including phenoxy) is 2. The molecule has 132 valence electrons. The fourth-order valence-corrected chi connectivity index (χ4v) is 3.81. The zero-order chi connectivity index (χ0) is 17.4. The molecule has 1 aromatic carbocycles. The molecule has 1 saturated heterocycles. The highest BCUT2D eigenvalue weighted by atomic mass is 35.5. The van der Waals surface area contributed by atoms with Gasteiger partial charge < -0.3 is 14.8 Å². The van der Waals surface area contributed by atoms with Crippen molar-refractivity contribution in [2.24, 2.45) is 0 Å². The van der Waals surface area contributed by atoms with Gasteiger partial charge in [0.2, 0.25) is 0 Å². The molecule has 2 aliphatic heterocycles. The van der Waals surface area contributed by atoms with Crippen LogP contribution in [-0.4, -0.2) is 34.9 Å². The lowest BCUT2D eigenvalue weighted by atomic mass is 9.81. The van der Waals surface area contributed by atoms with Crippen molar-refractivity contribution in [3.63, 3.8) is 0 Å². The second-order valence-electron chi connectivity index (χ2n) is 6.76. The van der Waals surface area contributed by atoms with Gasteiger partial charge >= 0.3 is 0 Å². The number of aromatic amines is 1. The standard InChI is InChI=1S/C18H20ClN3O3/c1-11-2-3-15-12(8-11)14(9-18(25-15)4-6-24-7-5-18)21-17(23)16-13(19)10-20-22-16/h2-3,8,10,14H,4-7,9H2,1H3,(H,20,22)(H,21,23)/t14-/m0/s1. The molecule has 6 nitrogen and oxygen atoms in total. The Balaban J connectivity index is 1.66. The molecule has 2 aromatic rings. The van der Waals surface area contributed by atoms with Crippen LogP contribution < -0.4 is 10.1 Å². The smallest absolute Gasteiger partial charge is 0.271 e. The van der Waals surface area contributed by atoms with Crippen LogP contribution in [0, 0.1) is 6.92 Å². The summed E-state index contributed by atoms with van der Waals surface area (Å²) in [5, 5.41) is 9.89. The van der Waals surface area contributed by atoms with Gasteiger partial charge in [0.05, 0.1) is 30.5 Å². The van der Waals surface area contributed by atoms with Crippen LogP contribution in [0.1, 0.15) is 46.9 Å². The van der Waals surface area contributed by atoms with Crippen LogP contribution in [0.15, 0.2) is 24.4 Å². The van der Waals surface area contributed by atoms with Crippen LogP contribution in [0.3, 0.4) is 0 Å². The molecule has 1 atom stereocenters. The van der Waals surface area contributed by atoms with E-state index in [-0.39, 0.29) is 23.2 Å². The third-order valence-electron chi connectivity index (χ3n) is 4.97. The summed E-state index contributed by atoms with van der Waals surface area (Å²) in [5.41, 5.74) is 2.12. The molecule has 2 N–H and O–H groups in total. The quantitative estimate of drug-likeness (QED) is 0.861. The third kappa shape index (κ3) is 3.12. The molecule has 7 heteroatoms. The van der Waals surface area contributed by atoms with Crippen LogP contribution in [0.5, 0.6) is 5.75 Å². The van der Waals surface area contributed by atoms with Crippen molar-refractivity contribution in [2.45, 2.75) is 37.8 Å². The molecule has 1 amide bonds. The molecule has 0 radical (unpaired) electrons. The fraction of sp³-hybridized carbons (Fsp3) is 0.444. The molecule has 2 aliphatic rings. The lowest BCUT2D eigenvalue weighted by Crippen LogP contribution is -2.48. The Hall–Kier alpha value is -2.05. The largest absolute Gasteiger partial charge is 0.487 e. The number of carbonyl (C=O) groups is 1. The number of carbonyl (C=O) groups excluding carboxylic acids is 1. The average molecular weight is 362 g/mol. The van der Waals surface area contributed by atoms with Crippen molar-refractivity contribution in [3.05, 3.63) is 46.2 Å². The van der Waals surface area contributed by atoms with Gasteiger partial charge in [-0.25, -0.2) is 0 Å². The maximum atomic E-state index is 12.6. The molecule has 0 bridgehead atoms. The molecule has 3 heterocycles. The Kier molecular flexibility index (Phi) is 4.17. The molecule has 1 spiro atoms. The minimum Gasteiger partial charge on any atom is -0.487 e. The normalized spacial score (nSPS) is 21.4. The summed E-state index contributed by atoms with van der Waals surface area (Å²) in [7, 11) is 0. The van der Waals surface area contributed by atoms with Crippen molar-refractivity contribution in [3.8, 4) is 5.75 Å². The highest BCUT2D eigenvalue weighted by molar-refractivity contribution is 6.33. The maximum Gasteiger partial charge on any atom is 0.271 e. The van der Waals surface area contributed by atoms with Crippen molar-refractivity contribution in [1.29, 1.82) is 0 Å². The van der Waals surface area contributed by atoms with Gasteiger partial charge in [-0.3, -0.25) is 9.89 Å². The molecule has 25 heavy (non-hydrogen) atoms. The van der Waals surface area contributed by atoms with Gasteiger partial charge in [0.15, 0.2) is 0 Å². The topological polar surface area (TPSA) is 76.2 Å². The van der Waals surface area contributed by atoms with E-state index < -0.39 is 0 Å². The van der Waals surface area contributed by atoms with E-state index in [1.807, 2.05) is 19.1 Å². The van der Waals surface area contributed by atoms with Crippen LogP contribution in [0.25, 0.3) is 0 Å². The predicted molar refractivity (Wildman–Crippen MR) is 93.0 cm³/mol. The van der Waals surface area contributed by atoms with E-state index in [1.165, 1.54) is 6.20 Å². The summed E-state index contributed by atoms with van der Waals surface area (Å²) >= 11 is 6.02. The summed E-state index contributed by atoms with van der Waals surface area (Å²) < 4.78 is 11.9. The number of aromatic nitrogens is 2. The summed E-state index contributed by atoms with van der Waals surface area (Å²) in [4.78, 5) is 12.6. The fourth-order valence-electron chi connectivity index (χ4n) is 3.63.